The normalized spacial score (nSPS) is 26.1. The molecule has 0 heterocycles. The van der Waals surface area contributed by atoms with Gasteiger partial charge in [-0.3, -0.25) is 0 Å². The molecule has 0 saturated heterocycles. The topological polar surface area (TPSA) is 0 Å². The lowest BCUT2D eigenvalue weighted by Gasteiger charge is -2.22. The third-order valence-corrected chi connectivity index (χ3v) is 5.35. The summed E-state index contributed by atoms with van der Waals surface area (Å²) >= 11 is 3.92. The Hall–Kier alpha value is -0.300. The van der Waals surface area contributed by atoms with E-state index in [-0.39, 0.29) is 0 Å². The lowest BCUT2D eigenvalue weighted by molar-refractivity contribution is 0.414. The third kappa shape index (κ3) is 3.13. The molecule has 0 radical (unpaired) electrons. The van der Waals surface area contributed by atoms with Gasteiger partial charge in [0.15, 0.2) is 0 Å². The Bertz CT molecular complexity index is 341. The van der Waals surface area contributed by atoms with Gasteiger partial charge in [-0.2, -0.15) is 0 Å². The molecule has 94 valence electrons. The molecule has 17 heavy (non-hydrogen) atoms. The van der Waals surface area contributed by atoms with E-state index in [4.69, 9.17) is 0 Å². The van der Waals surface area contributed by atoms with Gasteiger partial charge in [-0.25, -0.2) is 0 Å². The van der Waals surface area contributed by atoms with Crippen LogP contribution in [0.3, 0.4) is 0 Å². The molecule has 3 atom stereocenters. The standard InChI is InChI=1S/C16H23Br/c1-3-5-13-8-10-14(11-9-13)16(17)15-7-4-6-12(15)2/h8-12,15-16H,3-7H2,1-2H3. The van der Waals surface area contributed by atoms with Crippen LogP contribution < -0.4 is 0 Å². The van der Waals surface area contributed by atoms with Gasteiger partial charge in [0.1, 0.15) is 0 Å². The van der Waals surface area contributed by atoms with E-state index in [1.54, 1.807) is 0 Å². The summed E-state index contributed by atoms with van der Waals surface area (Å²) in [7, 11) is 0. The average molecular weight is 295 g/mol. The zero-order valence-electron chi connectivity index (χ0n) is 11.0. The fraction of sp³-hybridized carbons (Fsp3) is 0.625. The van der Waals surface area contributed by atoms with Gasteiger partial charge < -0.3 is 0 Å². The Morgan fingerprint density at radius 2 is 1.94 bits per heavy atom. The Morgan fingerprint density at radius 3 is 2.47 bits per heavy atom. The van der Waals surface area contributed by atoms with Crippen molar-refractivity contribution in [2.45, 2.75) is 50.8 Å². The molecule has 0 spiro atoms. The summed E-state index contributed by atoms with van der Waals surface area (Å²) < 4.78 is 0. The number of hydrogen-bond donors (Lipinski definition) is 0. The fourth-order valence-corrected chi connectivity index (χ4v) is 4.10. The number of alkyl halides is 1. The lowest BCUT2D eigenvalue weighted by Crippen LogP contribution is -2.10. The van der Waals surface area contributed by atoms with Crippen LogP contribution in [0.5, 0.6) is 0 Å². The maximum atomic E-state index is 3.92. The highest BCUT2D eigenvalue weighted by atomic mass is 79.9. The van der Waals surface area contributed by atoms with Gasteiger partial charge in [-0.05, 0) is 35.8 Å². The molecule has 1 saturated carbocycles. The fourth-order valence-electron chi connectivity index (χ4n) is 3.01. The first-order chi connectivity index (χ1) is 8.22. The number of hydrogen-bond acceptors (Lipinski definition) is 0. The molecule has 0 N–H and O–H groups in total. The number of benzene rings is 1. The van der Waals surface area contributed by atoms with Crippen LogP contribution in [0.1, 0.15) is 55.5 Å². The van der Waals surface area contributed by atoms with Crippen molar-refractivity contribution < 1.29 is 0 Å². The predicted octanol–water partition coefficient (Wildman–Crippen LogP) is 5.51. The van der Waals surface area contributed by atoms with Crippen LogP contribution >= 0.6 is 15.9 Å². The number of aryl methyl sites for hydroxylation is 1. The lowest BCUT2D eigenvalue weighted by atomic mass is 9.90. The number of halogens is 1. The molecular weight excluding hydrogens is 272 g/mol. The minimum absolute atomic E-state index is 0.552. The van der Waals surface area contributed by atoms with Gasteiger partial charge in [0.25, 0.3) is 0 Å². The second-order valence-electron chi connectivity index (χ2n) is 5.47. The Labute approximate surface area is 114 Å². The van der Waals surface area contributed by atoms with Crippen molar-refractivity contribution in [3.05, 3.63) is 35.4 Å². The van der Waals surface area contributed by atoms with E-state index in [0.29, 0.717) is 4.83 Å². The van der Waals surface area contributed by atoms with E-state index in [1.165, 1.54) is 43.2 Å². The first kappa shape index (κ1) is 13.1. The van der Waals surface area contributed by atoms with Crippen molar-refractivity contribution in [3.63, 3.8) is 0 Å². The Morgan fingerprint density at radius 1 is 1.24 bits per heavy atom. The molecule has 1 aliphatic carbocycles. The molecule has 0 amide bonds. The van der Waals surface area contributed by atoms with Crippen molar-refractivity contribution in [1.29, 1.82) is 0 Å². The Balaban J connectivity index is 2.05. The van der Waals surface area contributed by atoms with Gasteiger partial charge in [-0.15, -0.1) is 0 Å². The number of rotatable bonds is 4. The Kier molecular flexibility index (Phi) is 4.67. The highest BCUT2D eigenvalue weighted by molar-refractivity contribution is 9.09. The molecular formula is C16H23Br. The summed E-state index contributed by atoms with van der Waals surface area (Å²) in [6.07, 6.45) is 6.63. The summed E-state index contributed by atoms with van der Waals surface area (Å²) in [4.78, 5) is 0.552. The SMILES string of the molecule is CCCc1ccc(C(Br)C2CCCC2C)cc1. The minimum atomic E-state index is 0.552. The summed E-state index contributed by atoms with van der Waals surface area (Å²) in [6, 6.07) is 9.23. The first-order valence-corrected chi connectivity index (χ1v) is 7.87. The van der Waals surface area contributed by atoms with Gasteiger partial charge in [-0.1, -0.05) is 73.3 Å². The molecule has 0 aromatic heterocycles. The quantitative estimate of drug-likeness (QED) is 0.642. The molecule has 1 fully saturated rings. The predicted molar refractivity (Wildman–Crippen MR) is 78.6 cm³/mol. The van der Waals surface area contributed by atoms with Crippen LogP contribution in [-0.2, 0) is 6.42 Å². The maximum absolute atomic E-state index is 3.92. The van der Waals surface area contributed by atoms with Crippen LogP contribution in [0, 0.1) is 11.8 Å². The molecule has 0 nitrogen and oxygen atoms in total. The third-order valence-electron chi connectivity index (χ3n) is 4.14. The molecule has 0 aliphatic heterocycles. The monoisotopic (exact) mass is 294 g/mol. The van der Waals surface area contributed by atoms with Crippen LogP contribution in [0.15, 0.2) is 24.3 Å². The van der Waals surface area contributed by atoms with Gasteiger partial charge in [0.05, 0.1) is 0 Å². The van der Waals surface area contributed by atoms with Crippen molar-refractivity contribution in [2.75, 3.05) is 0 Å². The van der Waals surface area contributed by atoms with Crippen molar-refractivity contribution in [3.8, 4) is 0 Å². The summed E-state index contributed by atoms with van der Waals surface area (Å²) in [6.45, 7) is 4.64. The molecule has 2 rings (SSSR count). The second-order valence-corrected chi connectivity index (χ2v) is 6.45. The molecule has 0 bridgehead atoms. The molecule has 1 aromatic rings. The van der Waals surface area contributed by atoms with E-state index in [1.807, 2.05) is 0 Å². The highest BCUT2D eigenvalue weighted by Gasteiger charge is 2.30. The van der Waals surface area contributed by atoms with E-state index in [0.717, 1.165) is 11.8 Å². The van der Waals surface area contributed by atoms with Crippen LogP contribution in [0.25, 0.3) is 0 Å². The zero-order valence-corrected chi connectivity index (χ0v) is 12.5. The van der Waals surface area contributed by atoms with Crippen molar-refractivity contribution in [2.24, 2.45) is 11.8 Å². The largest absolute Gasteiger partial charge is 0.0836 e. The van der Waals surface area contributed by atoms with Crippen LogP contribution in [0.2, 0.25) is 0 Å². The van der Waals surface area contributed by atoms with Crippen LogP contribution in [-0.4, -0.2) is 0 Å². The highest BCUT2D eigenvalue weighted by Crippen LogP contribution is 2.44. The molecule has 1 heteroatoms. The van der Waals surface area contributed by atoms with Gasteiger partial charge in [0.2, 0.25) is 0 Å². The summed E-state index contributed by atoms with van der Waals surface area (Å²) in [5, 5.41) is 0. The summed E-state index contributed by atoms with van der Waals surface area (Å²) in [5.41, 5.74) is 2.93. The minimum Gasteiger partial charge on any atom is -0.0836 e. The van der Waals surface area contributed by atoms with Gasteiger partial charge >= 0.3 is 0 Å². The molecule has 3 unspecified atom stereocenters. The second kappa shape index (κ2) is 6.04. The van der Waals surface area contributed by atoms with Crippen LogP contribution in [0.4, 0.5) is 0 Å². The van der Waals surface area contributed by atoms with E-state index in [2.05, 4.69) is 54.0 Å². The van der Waals surface area contributed by atoms with E-state index < -0.39 is 0 Å². The maximum Gasteiger partial charge on any atom is 0.0426 e. The molecule has 1 aromatic carbocycles. The van der Waals surface area contributed by atoms with E-state index >= 15 is 0 Å². The zero-order chi connectivity index (χ0) is 12.3. The smallest absolute Gasteiger partial charge is 0.0426 e. The first-order valence-electron chi connectivity index (χ1n) is 6.95. The van der Waals surface area contributed by atoms with Crippen molar-refractivity contribution >= 4 is 15.9 Å². The van der Waals surface area contributed by atoms with Crippen molar-refractivity contribution in [1.82, 2.24) is 0 Å². The summed E-state index contributed by atoms with van der Waals surface area (Å²) in [5.74, 6) is 1.70. The average Bonchev–Trinajstić information content (AvgIpc) is 2.76. The van der Waals surface area contributed by atoms with Gasteiger partial charge in [0, 0.05) is 4.83 Å². The van der Waals surface area contributed by atoms with E-state index in [9.17, 15) is 0 Å². The molecule has 1 aliphatic rings.